The average molecular weight is 405 g/mol. The van der Waals surface area contributed by atoms with Crippen molar-refractivity contribution < 1.29 is 27.5 Å². The number of nitrogens with two attached hydrogens (primary N) is 1. The fourth-order valence-corrected chi connectivity index (χ4v) is 3.22. The van der Waals surface area contributed by atoms with Crippen LogP contribution in [0.2, 0.25) is 0 Å². The van der Waals surface area contributed by atoms with Gasteiger partial charge in [0.25, 0.3) is 5.91 Å². The molecule has 0 aromatic heterocycles. The second-order valence-electron chi connectivity index (χ2n) is 5.74. The molecular weight excluding hydrogens is 386 g/mol. The van der Waals surface area contributed by atoms with Crippen molar-refractivity contribution >= 4 is 27.9 Å². The van der Waals surface area contributed by atoms with Gasteiger partial charge in [0.2, 0.25) is 10.0 Å². The zero-order valence-electron chi connectivity index (χ0n) is 14.9. The minimum atomic E-state index is -3.87. The molecule has 10 heteroatoms. The van der Waals surface area contributed by atoms with Crippen LogP contribution < -0.4 is 15.8 Å². The van der Waals surface area contributed by atoms with Gasteiger partial charge in [0.15, 0.2) is 6.10 Å². The molecule has 2 aromatic rings. The van der Waals surface area contributed by atoms with Crippen molar-refractivity contribution in [2.45, 2.75) is 24.5 Å². The number of amides is 3. The Morgan fingerprint density at radius 1 is 1.07 bits per heavy atom. The van der Waals surface area contributed by atoms with Crippen molar-refractivity contribution in [3.63, 3.8) is 0 Å². The topological polar surface area (TPSA) is 145 Å². The third kappa shape index (κ3) is 5.89. The molecule has 4 N–H and O–H groups in total. The van der Waals surface area contributed by atoms with E-state index in [1.807, 2.05) is 6.07 Å². The van der Waals surface area contributed by atoms with Gasteiger partial charge in [0, 0.05) is 6.54 Å². The largest absolute Gasteiger partial charge is 0.449 e. The number of sulfonamides is 1. The van der Waals surface area contributed by atoms with E-state index in [1.54, 1.807) is 29.6 Å². The number of hydrogen-bond donors (Lipinski definition) is 3. The number of hydrogen-bond acceptors (Lipinski definition) is 6. The summed E-state index contributed by atoms with van der Waals surface area (Å²) < 4.78 is 32.3. The molecule has 0 spiro atoms. The molecule has 1 unspecified atom stereocenters. The molecule has 0 aliphatic heterocycles. The molecule has 148 valence electrons. The molecular formula is C18H19N3O6S. The minimum absolute atomic E-state index is 0.0682. The molecule has 3 amide bonds. The van der Waals surface area contributed by atoms with Crippen molar-refractivity contribution in [3.05, 3.63) is 65.7 Å². The molecule has 0 radical (unpaired) electrons. The molecule has 9 nitrogen and oxygen atoms in total. The smallest absolute Gasteiger partial charge is 0.338 e. The number of benzene rings is 2. The van der Waals surface area contributed by atoms with Gasteiger partial charge >= 0.3 is 12.0 Å². The molecule has 2 rings (SSSR count). The summed E-state index contributed by atoms with van der Waals surface area (Å²) in [6.07, 6.45) is -1.29. The van der Waals surface area contributed by atoms with Gasteiger partial charge in [-0.15, -0.1) is 0 Å². The third-order valence-electron chi connectivity index (χ3n) is 3.59. The minimum Gasteiger partial charge on any atom is -0.449 e. The first kappa shape index (κ1) is 21.1. The quantitative estimate of drug-likeness (QED) is 0.584. The van der Waals surface area contributed by atoms with E-state index in [0.717, 1.165) is 11.6 Å². The van der Waals surface area contributed by atoms with Gasteiger partial charge in [-0.2, -0.15) is 0 Å². The van der Waals surface area contributed by atoms with E-state index in [9.17, 15) is 22.8 Å². The Balaban J connectivity index is 2.08. The Morgan fingerprint density at radius 3 is 2.39 bits per heavy atom. The lowest BCUT2D eigenvalue weighted by molar-refractivity contribution is -0.127. The summed E-state index contributed by atoms with van der Waals surface area (Å²) in [7, 11) is -3.87. The van der Waals surface area contributed by atoms with E-state index >= 15 is 0 Å². The zero-order valence-corrected chi connectivity index (χ0v) is 15.7. The normalized spacial score (nSPS) is 12.0. The SMILES string of the molecule is CC(OC(=O)c1cccc(S(=O)(=O)NCc2ccccc2)c1)C(=O)NC(N)=O. The Morgan fingerprint density at radius 2 is 1.75 bits per heavy atom. The van der Waals surface area contributed by atoms with Gasteiger partial charge in [-0.25, -0.2) is 22.7 Å². The van der Waals surface area contributed by atoms with Crippen LogP contribution in [-0.2, 0) is 26.1 Å². The van der Waals surface area contributed by atoms with Crippen LogP contribution in [0.3, 0.4) is 0 Å². The van der Waals surface area contributed by atoms with Crippen LogP contribution in [0, 0.1) is 0 Å². The molecule has 0 aliphatic rings. The van der Waals surface area contributed by atoms with Crippen LogP contribution >= 0.6 is 0 Å². The number of carbonyl (C=O) groups is 3. The van der Waals surface area contributed by atoms with Crippen molar-refractivity contribution in [1.82, 2.24) is 10.0 Å². The number of esters is 1. The van der Waals surface area contributed by atoms with Crippen molar-refractivity contribution in [2.24, 2.45) is 5.73 Å². The highest BCUT2D eigenvalue weighted by atomic mass is 32.2. The predicted molar refractivity (Wildman–Crippen MR) is 99.5 cm³/mol. The van der Waals surface area contributed by atoms with Crippen molar-refractivity contribution in [3.8, 4) is 0 Å². The Labute approximate surface area is 161 Å². The highest BCUT2D eigenvalue weighted by molar-refractivity contribution is 7.89. The summed E-state index contributed by atoms with van der Waals surface area (Å²) in [5.41, 5.74) is 5.53. The molecule has 0 heterocycles. The van der Waals surface area contributed by atoms with Gasteiger partial charge in [-0.3, -0.25) is 10.1 Å². The van der Waals surface area contributed by atoms with E-state index in [4.69, 9.17) is 10.5 Å². The molecule has 0 aliphatic carbocycles. The summed E-state index contributed by atoms with van der Waals surface area (Å²) in [6.45, 7) is 1.33. The summed E-state index contributed by atoms with van der Waals surface area (Å²) in [4.78, 5) is 34.3. The van der Waals surface area contributed by atoms with E-state index in [-0.39, 0.29) is 17.0 Å². The van der Waals surface area contributed by atoms with Crippen LogP contribution in [0.5, 0.6) is 0 Å². The highest BCUT2D eigenvalue weighted by Crippen LogP contribution is 2.14. The molecule has 0 fully saturated rings. The first-order valence-corrected chi connectivity index (χ1v) is 9.62. The summed E-state index contributed by atoms with van der Waals surface area (Å²) in [5, 5.41) is 1.78. The Kier molecular flexibility index (Phi) is 6.85. The molecule has 0 bridgehead atoms. The number of primary amides is 1. The van der Waals surface area contributed by atoms with Gasteiger partial charge in [0.1, 0.15) is 0 Å². The maximum atomic E-state index is 12.5. The first-order valence-electron chi connectivity index (χ1n) is 8.14. The second-order valence-corrected chi connectivity index (χ2v) is 7.51. The number of rotatable bonds is 7. The fraction of sp³-hybridized carbons (Fsp3) is 0.167. The Bertz CT molecular complexity index is 976. The van der Waals surface area contributed by atoms with Crippen molar-refractivity contribution in [1.29, 1.82) is 0 Å². The predicted octanol–water partition coefficient (Wildman–Crippen LogP) is 0.905. The molecule has 2 aromatic carbocycles. The van der Waals surface area contributed by atoms with Crippen LogP contribution in [0.4, 0.5) is 4.79 Å². The summed E-state index contributed by atoms with van der Waals surface area (Å²) >= 11 is 0. The van der Waals surface area contributed by atoms with E-state index in [2.05, 4.69) is 4.72 Å². The third-order valence-corrected chi connectivity index (χ3v) is 4.99. The number of imide groups is 1. The lowest BCUT2D eigenvalue weighted by Crippen LogP contribution is -2.42. The van der Waals surface area contributed by atoms with Crippen LogP contribution in [0.15, 0.2) is 59.5 Å². The number of carbonyl (C=O) groups excluding carboxylic acids is 3. The molecule has 0 saturated heterocycles. The number of urea groups is 1. The second kappa shape index (κ2) is 9.11. The number of nitrogens with one attached hydrogen (secondary N) is 2. The van der Waals surface area contributed by atoms with Gasteiger partial charge in [0.05, 0.1) is 10.5 Å². The fourth-order valence-electron chi connectivity index (χ4n) is 2.15. The zero-order chi connectivity index (χ0) is 20.7. The first-order chi connectivity index (χ1) is 13.2. The monoisotopic (exact) mass is 405 g/mol. The average Bonchev–Trinajstić information content (AvgIpc) is 2.66. The van der Waals surface area contributed by atoms with Gasteiger partial charge in [-0.05, 0) is 30.7 Å². The van der Waals surface area contributed by atoms with E-state index in [1.165, 1.54) is 25.1 Å². The maximum absolute atomic E-state index is 12.5. The molecule has 1 atom stereocenters. The highest BCUT2D eigenvalue weighted by Gasteiger charge is 2.21. The molecule has 28 heavy (non-hydrogen) atoms. The van der Waals surface area contributed by atoms with Gasteiger partial charge < -0.3 is 10.5 Å². The standard InChI is InChI=1S/C18H19N3O6S/c1-12(16(22)21-18(19)24)27-17(23)14-8-5-9-15(10-14)28(25,26)20-11-13-6-3-2-4-7-13/h2-10,12,20H,11H2,1H3,(H3,19,21,22,24). The van der Waals surface area contributed by atoms with Gasteiger partial charge in [-0.1, -0.05) is 36.4 Å². The lowest BCUT2D eigenvalue weighted by atomic mass is 10.2. The summed E-state index contributed by atoms with van der Waals surface area (Å²) in [6, 6.07) is 13.0. The Hall–Kier alpha value is -3.24. The van der Waals surface area contributed by atoms with Crippen LogP contribution in [0.25, 0.3) is 0 Å². The number of ether oxygens (including phenoxy) is 1. The van der Waals surface area contributed by atoms with E-state index < -0.39 is 34.0 Å². The maximum Gasteiger partial charge on any atom is 0.338 e. The molecule has 0 saturated carbocycles. The van der Waals surface area contributed by atoms with Crippen molar-refractivity contribution in [2.75, 3.05) is 0 Å². The van der Waals surface area contributed by atoms with E-state index in [0.29, 0.717) is 0 Å². The van der Waals surface area contributed by atoms with Crippen LogP contribution in [-0.4, -0.2) is 32.4 Å². The lowest BCUT2D eigenvalue weighted by Gasteiger charge is -2.13. The summed E-state index contributed by atoms with van der Waals surface area (Å²) in [5.74, 6) is -1.82. The van der Waals surface area contributed by atoms with Crippen LogP contribution in [0.1, 0.15) is 22.8 Å².